The van der Waals surface area contributed by atoms with Crippen LogP contribution in [-0.4, -0.2) is 5.78 Å². The van der Waals surface area contributed by atoms with Crippen LogP contribution in [0.5, 0.6) is 0 Å². The lowest BCUT2D eigenvalue weighted by Gasteiger charge is -2.24. The summed E-state index contributed by atoms with van der Waals surface area (Å²) in [6.07, 6.45) is 0. The summed E-state index contributed by atoms with van der Waals surface area (Å²) in [6.45, 7) is 6.82. The number of carbonyl (C=O) groups excluding carboxylic acids is 1. The lowest BCUT2D eigenvalue weighted by molar-refractivity contribution is -0.121. The zero-order valence-electron chi connectivity index (χ0n) is 9.02. The lowest BCUT2D eigenvalue weighted by Crippen LogP contribution is -2.28. The van der Waals surface area contributed by atoms with Crippen LogP contribution in [0.2, 0.25) is 0 Å². The van der Waals surface area contributed by atoms with Crippen LogP contribution in [0.1, 0.15) is 31.9 Å². The number of rotatable bonds is 2. The van der Waals surface area contributed by atoms with Crippen molar-refractivity contribution >= 4 is 5.78 Å². The Balaban J connectivity index is 3.38. The fraction of sp³-hybridized carbons (Fsp3) is 0.417. The third-order valence-corrected chi connectivity index (χ3v) is 2.73. The second kappa shape index (κ2) is 3.52. The molecule has 1 aromatic carbocycles. The second-order valence-electron chi connectivity index (χ2n) is 4.11. The van der Waals surface area contributed by atoms with Crippen molar-refractivity contribution in [1.82, 2.24) is 0 Å². The quantitative estimate of drug-likeness (QED) is 0.707. The van der Waals surface area contributed by atoms with Crippen LogP contribution in [0.4, 0.5) is 4.39 Å². The van der Waals surface area contributed by atoms with Crippen LogP contribution in [0.15, 0.2) is 18.2 Å². The predicted molar refractivity (Wildman–Crippen MR) is 54.8 cm³/mol. The lowest BCUT2D eigenvalue weighted by atomic mass is 9.79. The highest BCUT2D eigenvalue weighted by Crippen LogP contribution is 2.29. The van der Waals surface area contributed by atoms with Gasteiger partial charge in [0.05, 0.1) is 5.41 Å². The molecule has 0 heterocycles. The molecule has 1 rings (SSSR count). The highest BCUT2D eigenvalue weighted by Gasteiger charge is 2.30. The molecule has 0 saturated heterocycles. The van der Waals surface area contributed by atoms with Crippen LogP contribution in [0, 0.1) is 12.7 Å². The molecule has 0 fully saturated rings. The van der Waals surface area contributed by atoms with Crippen LogP contribution in [-0.2, 0) is 10.2 Å². The Morgan fingerprint density at radius 2 is 1.93 bits per heavy atom. The number of aryl methyl sites for hydroxylation is 1. The molecule has 0 aliphatic rings. The molecule has 0 unspecified atom stereocenters. The minimum absolute atomic E-state index is 0.0225. The number of benzene rings is 1. The molecule has 0 aromatic heterocycles. The summed E-state index contributed by atoms with van der Waals surface area (Å²) in [5.74, 6) is -0.323. The van der Waals surface area contributed by atoms with E-state index >= 15 is 0 Å². The molecule has 1 nitrogen and oxygen atoms in total. The Morgan fingerprint density at radius 1 is 1.36 bits per heavy atom. The number of ketones is 1. The monoisotopic (exact) mass is 194 g/mol. The van der Waals surface area contributed by atoms with Gasteiger partial charge < -0.3 is 0 Å². The van der Waals surface area contributed by atoms with Gasteiger partial charge in [0.1, 0.15) is 11.6 Å². The number of carbonyl (C=O) groups is 1. The van der Waals surface area contributed by atoms with Gasteiger partial charge in [0.2, 0.25) is 0 Å². The Hall–Kier alpha value is -1.18. The number of hydrogen-bond acceptors (Lipinski definition) is 1. The zero-order chi connectivity index (χ0) is 10.9. The van der Waals surface area contributed by atoms with Gasteiger partial charge in [-0.25, -0.2) is 4.39 Å². The van der Waals surface area contributed by atoms with E-state index in [1.165, 1.54) is 13.0 Å². The topological polar surface area (TPSA) is 17.1 Å². The van der Waals surface area contributed by atoms with Crippen molar-refractivity contribution in [2.45, 2.75) is 33.1 Å². The molecule has 0 atom stereocenters. The molecule has 0 bridgehead atoms. The molecule has 0 radical (unpaired) electrons. The first kappa shape index (κ1) is 10.9. The van der Waals surface area contributed by atoms with Gasteiger partial charge in [-0.15, -0.1) is 0 Å². The van der Waals surface area contributed by atoms with E-state index in [-0.39, 0.29) is 11.6 Å². The van der Waals surface area contributed by atoms with Crippen LogP contribution >= 0.6 is 0 Å². The zero-order valence-corrected chi connectivity index (χ0v) is 9.02. The summed E-state index contributed by atoms with van der Waals surface area (Å²) in [5.41, 5.74) is 0.591. The predicted octanol–water partition coefficient (Wildman–Crippen LogP) is 3.00. The van der Waals surface area contributed by atoms with Crippen LogP contribution in [0.25, 0.3) is 0 Å². The summed E-state index contributed by atoms with van der Waals surface area (Å²) in [5, 5.41) is 0. The van der Waals surface area contributed by atoms with Gasteiger partial charge in [0.15, 0.2) is 0 Å². The van der Waals surface area contributed by atoms with Crippen molar-refractivity contribution in [3.05, 3.63) is 35.1 Å². The van der Waals surface area contributed by atoms with Crippen molar-refractivity contribution in [3.8, 4) is 0 Å². The first-order valence-corrected chi connectivity index (χ1v) is 4.64. The summed E-state index contributed by atoms with van der Waals surface area (Å²) < 4.78 is 13.6. The van der Waals surface area contributed by atoms with E-state index < -0.39 is 5.41 Å². The fourth-order valence-corrected chi connectivity index (χ4v) is 1.60. The normalized spacial score (nSPS) is 11.5. The third kappa shape index (κ3) is 1.69. The Labute approximate surface area is 83.9 Å². The summed E-state index contributed by atoms with van der Waals surface area (Å²) in [4.78, 5) is 11.4. The largest absolute Gasteiger partial charge is 0.299 e. The molecule has 14 heavy (non-hydrogen) atoms. The van der Waals surface area contributed by atoms with Crippen LogP contribution in [0.3, 0.4) is 0 Å². The second-order valence-corrected chi connectivity index (χ2v) is 4.11. The van der Waals surface area contributed by atoms with Gasteiger partial charge >= 0.3 is 0 Å². The van der Waals surface area contributed by atoms with Gasteiger partial charge in [-0.1, -0.05) is 12.1 Å². The number of halogens is 1. The maximum Gasteiger partial charge on any atom is 0.139 e. The van der Waals surface area contributed by atoms with Crippen molar-refractivity contribution < 1.29 is 9.18 Å². The third-order valence-electron chi connectivity index (χ3n) is 2.73. The van der Waals surface area contributed by atoms with Gasteiger partial charge in [-0.05, 0) is 39.3 Å². The molecule has 0 aliphatic carbocycles. The maximum atomic E-state index is 13.6. The minimum Gasteiger partial charge on any atom is -0.299 e. The molecular formula is C12H15FO. The van der Waals surface area contributed by atoms with E-state index in [1.807, 2.05) is 13.0 Å². The molecule has 0 amide bonds. The highest BCUT2D eigenvalue weighted by molar-refractivity contribution is 5.87. The van der Waals surface area contributed by atoms with Crippen molar-refractivity contribution in [2.75, 3.05) is 0 Å². The molecule has 0 aliphatic heterocycles. The van der Waals surface area contributed by atoms with E-state index in [1.54, 1.807) is 19.9 Å². The van der Waals surface area contributed by atoms with E-state index in [0.717, 1.165) is 5.56 Å². The number of hydrogen-bond donors (Lipinski definition) is 0. The van der Waals surface area contributed by atoms with Gasteiger partial charge in [0, 0.05) is 5.56 Å². The smallest absolute Gasteiger partial charge is 0.139 e. The Kier molecular flexibility index (Phi) is 2.74. The van der Waals surface area contributed by atoms with Crippen LogP contribution < -0.4 is 0 Å². The number of Topliss-reactive ketones (excluding diaryl/α,β-unsaturated/α-hetero) is 1. The molecular weight excluding hydrogens is 179 g/mol. The minimum atomic E-state index is -0.741. The molecule has 2 heteroatoms. The van der Waals surface area contributed by atoms with Gasteiger partial charge in [0.25, 0.3) is 0 Å². The SMILES string of the molecule is CC(=O)C(C)(C)c1c(C)cccc1F. The van der Waals surface area contributed by atoms with Crippen molar-refractivity contribution in [2.24, 2.45) is 0 Å². The van der Waals surface area contributed by atoms with E-state index in [9.17, 15) is 9.18 Å². The molecule has 1 aromatic rings. The van der Waals surface area contributed by atoms with E-state index in [4.69, 9.17) is 0 Å². The summed E-state index contributed by atoms with van der Waals surface area (Å²) in [6, 6.07) is 4.88. The highest BCUT2D eigenvalue weighted by atomic mass is 19.1. The fourth-order valence-electron chi connectivity index (χ4n) is 1.60. The molecule has 0 N–H and O–H groups in total. The molecule has 0 spiro atoms. The first-order chi connectivity index (χ1) is 6.37. The summed E-state index contributed by atoms with van der Waals surface area (Å²) in [7, 11) is 0. The average molecular weight is 194 g/mol. The Bertz CT molecular complexity index is 346. The molecule has 76 valence electrons. The van der Waals surface area contributed by atoms with Crippen molar-refractivity contribution in [3.63, 3.8) is 0 Å². The van der Waals surface area contributed by atoms with E-state index in [2.05, 4.69) is 0 Å². The Morgan fingerprint density at radius 3 is 2.36 bits per heavy atom. The average Bonchev–Trinajstić information content (AvgIpc) is 2.02. The van der Waals surface area contributed by atoms with Gasteiger partial charge in [-0.2, -0.15) is 0 Å². The van der Waals surface area contributed by atoms with Crippen molar-refractivity contribution in [1.29, 1.82) is 0 Å². The van der Waals surface area contributed by atoms with E-state index in [0.29, 0.717) is 5.56 Å². The standard InChI is InChI=1S/C12H15FO/c1-8-6-5-7-10(13)11(8)12(3,4)9(2)14/h5-7H,1-4H3. The maximum absolute atomic E-state index is 13.6. The van der Waals surface area contributed by atoms with Gasteiger partial charge in [-0.3, -0.25) is 4.79 Å². The molecule has 0 saturated carbocycles. The first-order valence-electron chi connectivity index (χ1n) is 4.64. The summed E-state index contributed by atoms with van der Waals surface area (Å²) >= 11 is 0.